The minimum absolute atomic E-state index is 0.338. The van der Waals surface area contributed by atoms with Crippen LogP contribution in [0.1, 0.15) is 78.1 Å². The van der Waals surface area contributed by atoms with Crippen molar-refractivity contribution in [1.82, 2.24) is 4.90 Å². The summed E-state index contributed by atoms with van der Waals surface area (Å²) in [6.07, 6.45) is 13.2. The molecular formula is C16H33NO. The third kappa shape index (κ3) is 6.19. The highest BCUT2D eigenvalue weighted by Gasteiger charge is 2.39. The molecule has 2 nitrogen and oxygen atoms in total. The van der Waals surface area contributed by atoms with Crippen LogP contribution in [0.4, 0.5) is 0 Å². The fourth-order valence-corrected chi connectivity index (χ4v) is 3.04. The van der Waals surface area contributed by atoms with Crippen LogP contribution in [0.3, 0.4) is 0 Å². The van der Waals surface area contributed by atoms with E-state index in [0.29, 0.717) is 0 Å². The lowest BCUT2D eigenvalue weighted by atomic mass is 9.89. The zero-order valence-corrected chi connectivity index (χ0v) is 12.6. The van der Waals surface area contributed by atoms with Gasteiger partial charge >= 0.3 is 0 Å². The first-order valence-corrected chi connectivity index (χ1v) is 8.15. The van der Waals surface area contributed by atoms with Crippen molar-refractivity contribution in [3.05, 3.63) is 0 Å². The predicted molar refractivity (Wildman–Crippen MR) is 78.9 cm³/mol. The molecule has 18 heavy (non-hydrogen) atoms. The van der Waals surface area contributed by atoms with Crippen LogP contribution in [-0.4, -0.2) is 35.2 Å². The van der Waals surface area contributed by atoms with Gasteiger partial charge in [-0.15, -0.1) is 0 Å². The van der Waals surface area contributed by atoms with Gasteiger partial charge in [-0.3, -0.25) is 4.90 Å². The number of unbranched alkanes of at least 4 members (excludes halogenated alkanes) is 7. The molecule has 0 saturated carbocycles. The summed E-state index contributed by atoms with van der Waals surface area (Å²) < 4.78 is 0. The molecule has 1 heterocycles. The molecule has 0 aromatic rings. The van der Waals surface area contributed by atoms with Crippen LogP contribution in [-0.2, 0) is 0 Å². The van der Waals surface area contributed by atoms with Crippen molar-refractivity contribution in [3.8, 4) is 0 Å². The largest absolute Gasteiger partial charge is 0.387 e. The molecule has 1 rings (SSSR count). The lowest BCUT2D eigenvalue weighted by molar-refractivity contribution is -0.103. The summed E-state index contributed by atoms with van der Waals surface area (Å²) in [6.45, 7) is 7.45. The molecule has 0 aliphatic carbocycles. The summed E-state index contributed by atoms with van der Waals surface area (Å²) in [6, 6.07) is 0. The molecule has 0 radical (unpaired) electrons. The number of hydrogen-bond acceptors (Lipinski definition) is 2. The van der Waals surface area contributed by atoms with Crippen molar-refractivity contribution < 1.29 is 5.11 Å². The molecular weight excluding hydrogens is 222 g/mol. The number of hydrogen-bond donors (Lipinski definition) is 1. The molecule has 2 heteroatoms. The van der Waals surface area contributed by atoms with Crippen molar-refractivity contribution in [1.29, 1.82) is 0 Å². The van der Waals surface area contributed by atoms with Crippen LogP contribution in [0.5, 0.6) is 0 Å². The Labute approximate surface area is 114 Å². The van der Waals surface area contributed by atoms with Crippen molar-refractivity contribution in [3.63, 3.8) is 0 Å². The van der Waals surface area contributed by atoms with E-state index in [1.165, 1.54) is 57.9 Å². The van der Waals surface area contributed by atoms with Gasteiger partial charge in [-0.05, 0) is 19.4 Å². The van der Waals surface area contributed by atoms with Gasteiger partial charge in [-0.1, -0.05) is 65.2 Å². The van der Waals surface area contributed by atoms with Gasteiger partial charge in [-0.2, -0.15) is 0 Å². The van der Waals surface area contributed by atoms with Crippen LogP contribution < -0.4 is 0 Å². The first-order valence-electron chi connectivity index (χ1n) is 8.15. The molecule has 0 spiro atoms. The molecule has 0 atom stereocenters. The Bertz CT molecular complexity index is 199. The van der Waals surface area contributed by atoms with Crippen LogP contribution in [0.2, 0.25) is 0 Å². The third-order valence-corrected chi connectivity index (χ3v) is 4.08. The predicted octanol–water partition coefficient (Wildman–Crippen LogP) is 3.97. The Hall–Kier alpha value is -0.0800. The van der Waals surface area contributed by atoms with E-state index in [0.717, 1.165) is 25.9 Å². The van der Waals surface area contributed by atoms with E-state index < -0.39 is 0 Å². The lowest BCUT2D eigenvalue weighted by Gasteiger charge is -2.46. The fourth-order valence-electron chi connectivity index (χ4n) is 3.04. The maximum atomic E-state index is 10.1. The van der Waals surface area contributed by atoms with Gasteiger partial charge in [0.05, 0.1) is 5.60 Å². The second-order valence-corrected chi connectivity index (χ2v) is 6.16. The van der Waals surface area contributed by atoms with Gasteiger partial charge in [0.15, 0.2) is 0 Å². The Morgan fingerprint density at radius 2 is 1.39 bits per heavy atom. The molecule has 1 aliphatic rings. The second kappa shape index (κ2) is 8.92. The Kier molecular flexibility index (Phi) is 7.92. The minimum atomic E-state index is -0.338. The quantitative estimate of drug-likeness (QED) is 0.565. The van der Waals surface area contributed by atoms with Crippen LogP contribution >= 0.6 is 0 Å². The van der Waals surface area contributed by atoms with Gasteiger partial charge in [0, 0.05) is 13.1 Å². The molecule has 0 aromatic heterocycles. The molecule has 0 amide bonds. The third-order valence-electron chi connectivity index (χ3n) is 4.08. The SMILES string of the molecule is CCCCCCCCCCN1CC(O)(CCC)C1. The fraction of sp³-hybridized carbons (Fsp3) is 1.00. The first kappa shape index (κ1) is 16.0. The highest BCUT2D eigenvalue weighted by molar-refractivity contribution is 4.94. The summed E-state index contributed by atoms with van der Waals surface area (Å²) >= 11 is 0. The van der Waals surface area contributed by atoms with E-state index in [1.54, 1.807) is 0 Å². The molecule has 1 N–H and O–H groups in total. The van der Waals surface area contributed by atoms with Gasteiger partial charge in [0.1, 0.15) is 0 Å². The number of nitrogens with zero attached hydrogens (tertiary/aromatic N) is 1. The van der Waals surface area contributed by atoms with Gasteiger partial charge in [-0.25, -0.2) is 0 Å². The Morgan fingerprint density at radius 1 is 0.833 bits per heavy atom. The summed E-state index contributed by atoms with van der Waals surface area (Å²) in [4.78, 5) is 2.41. The van der Waals surface area contributed by atoms with Crippen LogP contribution in [0, 0.1) is 0 Å². The summed E-state index contributed by atoms with van der Waals surface area (Å²) in [5, 5.41) is 10.1. The average Bonchev–Trinajstić information content (AvgIpc) is 2.30. The van der Waals surface area contributed by atoms with E-state index >= 15 is 0 Å². The molecule has 0 bridgehead atoms. The second-order valence-electron chi connectivity index (χ2n) is 6.16. The average molecular weight is 255 g/mol. The van der Waals surface area contributed by atoms with E-state index in [1.807, 2.05) is 0 Å². The van der Waals surface area contributed by atoms with Gasteiger partial charge in [0.25, 0.3) is 0 Å². The van der Waals surface area contributed by atoms with Crippen molar-refractivity contribution in [2.75, 3.05) is 19.6 Å². The zero-order chi connectivity index (χ0) is 13.3. The normalized spacial score (nSPS) is 18.8. The number of rotatable bonds is 11. The minimum Gasteiger partial charge on any atom is -0.387 e. The Morgan fingerprint density at radius 3 is 1.94 bits per heavy atom. The summed E-state index contributed by atoms with van der Waals surface area (Å²) in [5.74, 6) is 0. The van der Waals surface area contributed by atoms with E-state index in [2.05, 4.69) is 18.7 Å². The molecule has 0 aromatic carbocycles. The van der Waals surface area contributed by atoms with Crippen LogP contribution in [0.15, 0.2) is 0 Å². The van der Waals surface area contributed by atoms with E-state index in [9.17, 15) is 5.11 Å². The van der Waals surface area contributed by atoms with Crippen LogP contribution in [0.25, 0.3) is 0 Å². The molecule has 0 unspecified atom stereocenters. The summed E-state index contributed by atoms with van der Waals surface area (Å²) in [7, 11) is 0. The van der Waals surface area contributed by atoms with E-state index in [-0.39, 0.29) is 5.60 Å². The highest BCUT2D eigenvalue weighted by atomic mass is 16.3. The molecule has 108 valence electrons. The molecule has 1 saturated heterocycles. The lowest BCUT2D eigenvalue weighted by Crippen LogP contribution is -2.61. The maximum absolute atomic E-state index is 10.1. The summed E-state index contributed by atoms with van der Waals surface area (Å²) in [5.41, 5.74) is -0.338. The van der Waals surface area contributed by atoms with Crippen molar-refractivity contribution in [2.24, 2.45) is 0 Å². The van der Waals surface area contributed by atoms with Gasteiger partial charge < -0.3 is 5.11 Å². The first-order chi connectivity index (χ1) is 8.70. The highest BCUT2D eigenvalue weighted by Crippen LogP contribution is 2.25. The molecule has 1 aliphatic heterocycles. The number of likely N-dealkylation sites (tertiary alicyclic amines) is 1. The Balaban J connectivity index is 1.83. The standard InChI is InChI=1S/C16H33NO/c1-3-5-6-7-8-9-10-11-13-17-14-16(18,15-17)12-4-2/h18H,3-15H2,1-2H3. The van der Waals surface area contributed by atoms with Gasteiger partial charge in [0.2, 0.25) is 0 Å². The zero-order valence-electron chi connectivity index (χ0n) is 12.6. The topological polar surface area (TPSA) is 23.5 Å². The van der Waals surface area contributed by atoms with E-state index in [4.69, 9.17) is 0 Å². The molecule has 1 fully saturated rings. The maximum Gasteiger partial charge on any atom is 0.0900 e. The number of β-amino-alcohol motifs (C(OH)–C–C–N with tert-alkyl or cyclic N) is 1. The number of aliphatic hydroxyl groups is 1. The smallest absolute Gasteiger partial charge is 0.0900 e. The van der Waals surface area contributed by atoms with Crippen molar-refractivity contribution in [2.45, 2.75) is 83.7 Å². The monoisotopic (exact) mass is 255 g/mol. The van der Waals surface area contributed by atoms with Crippen molar-refractivity contribution >= 4 is 0 Å².